The summed E-state index contributed by atoms with van der Waals surface area (Å²) in [4.78, 5) is 6.72. The largest absolute Gasteiger partial charge is 0.370 e. The highest BCUT2D eigenvalue weighted by Gasteiger charge is 2.41. The summed E-state index contributed by atoms with van der Waals surface area (Å²) in [5, 5.41) is 0. The zero-order valence-electron chi connectivity index (χ0n) is 11.8. The normalized spacial score (nSPS) is 25.1. The molecule has 0 radical (unpaired) electrons. The van der Waals surface area contributed by atoms with Crippen molar-refractivity contribution in [2.75, 3.05) is 6.54 Å². The number of nitrogens with zero attached hydrogens (tertiary/aromatic N) is 2. The van der Waals surface area contributed by atoms with Crippen molar-refractivity contribution >= 4 is 5.96 Å². The van der Waals surface area contributed by atoms with Gasteiger partial charge in [0.2, 0.25) is 0 Å². The van der Waals surface area contributed by atoms with Gasteiger partial charge in [-0.3, -0.25) is 4.99 Å². The van der Waals surface area contributed by atoms with E-state index in [9.17, 15) is 0 Å². The Kier molecular flexibility index (Phi) is 3.33. The number of aryl methyl sites for hydroxylation is 1. The van der Waals surface area contributed by atoms with E-state index in [1.54, 1.807) is 0 Å². The maximum absolute atomic E-state index is 6.07. The Morgan fingerprint density at radius 3 is 2.56 bits per heavy atom. The van der Waals surface area contributed by atoms with Crippen LogP contribution in [0.1, 0.15) is 38.3 Å². The first-order chi connectivity index (χ1) is 8.49. The number of aliphatic imine (C=N–C) groups is 1. The summed E-state index contributed by atoms with van der Waals surface area (Å²) >= 11 is 0. The van der Waals surface area contributed by atoms with Gasteiger partial charge in [-0.2, -0.15) is 0 Å². The van der Waals surface area contributed by atoms with E-state index >= 15 is 0 Å². The average molecular weight is 245 g/mol. The molecule has 1 aliphatic rings. The minimum absolute atomic E-state index is 0.104. The maximum atomic E-state index is 6.07. The lowest BCUT2D eigenvalue weighted by molar-refractivity contribution is 0.171. The monoisotopic (exact) mass is 245 g/mol. The van der Waals surface area contributed by atoms with E-state index in [-0.39, 0.29) is 5.54 Å². The van der Waals surface area contributed by atoms with Crippen molar-refractivity contribution in [3.63, 3.8) is 0 Å². The molecule has 2 rings (SSSR count). The van der Waals surface area contributed by atoms with E-state index in [0.717, 1.165) is 13.0 Å². The molecule has 1 aromatic carbocycles. The standard InChI is InChI=1S/C15H23N3/c1-5-12(3)18-14(16)17-10-15(18,4)13-8-6-11(2)7-9-13/h6-9,12H,5,10H2,1-4H3,(H2,16,17). The molecule has 2 unspecified atom stereocenters. The SMILES string of the molecule is CCC(C)N1C(N)=NCC1(C)c1ccc(C)cc1. The average Bonchev–Trinajstić information content (AvgIpc) is 2.66. The Hall–Kier alpha value is -1.51. The van der Waals surface area contributed by atoms with Crippen LogP contribution >= 0.6 is 0 Å². The topological polar surface area (TPSA) is 41.6 Å². The van der Waals surface area contributed by atoms with Crippen LogP contribution < -0.4 is 5.73 Å². The van der Waals surface area contributed by atoms with Crippen molar-refractivity contribution in [2.24, 2.45) is 10.7 Å². The molecule has 0 aromatic heterocycles. The molecule has 1 aromatic rings. The smallest absolute Gasteiger partial charge is 0.192 e. The van der Waals surface area contributed by atoms with E-state index in [2.05, 4.69) is 61.9 Å². The Balaban J connectivity index is 2.38. The van der Waals surface area contributed by atoms with E-state index in [1.165, 1.54) is 11.1 Å². The van der Waals surface area contributed by atoms with Crippen molar-refractivity contribution in [3.8, 4) is 0 Å². The van der Waals surface area contributed by atoms with Crippen LogP contribution in [0, 0.1) is 6.92 Å². The molecule has 0 spiro atoms. The molecule has 0 aliphatic carbocycles. The first kappa shape index (κ1) is 12.9. The van der Waals surface area contributed by atoms with Crippen LogP contribution in [-0.4, -0.2) is 23.4 Å². The highest BCUT2D eigenvalue weighted by atomic mass is 15.4. The fourth-order valence-corrected chi connectivity index (χ4v) is 2.68. The number of guanidine groups is 1. The summed E-state index contributed by atoms with van der Waals surface area (Å²) in [7, 11) is 0. The Morgan fingerprint density at radius 1 is 1.39 bits per heavy atom. The Labute approximate surface area is 110 Å². The summed E-state index contributed by atoms with van der Waals surface area (Å²) < 4.78 is 0. The quantitative estimate of drug-likeness (QED) is 0.889. The van der Waals surface area contributed by atoms with Crippen LogP contribution in [0.3, 0.4) is 0 Å². The van der Waals surface area contributed by atoms with Gasteiger partial charge in [-0.15, -0.1) is 0 Å². The lowest BCUT2D eigenvalue weighted by Crippen LogP contribution is -2.51. The molecular formula is C15H23N3. The van der Waals surface area contributed by atoms with Gasteiger partial charge in [0.05, 0.1) is 12.1 Å². The lowest BCUT2D eigenvalue weighted by Gasteiger charge is -2.40. The number of rotatable bonds is 3. The maximum Gasteiger partial charge on any atom is 0.192 e. The molecule has 0 amide bonds. The third kappa shape index (κ3) is 1.98. The van der Waals surface area contributed by atoms with Crippen molar-refractivity contribution in [2.45, 2.75) is 45.7 Å². The highest BCUT2D eigenvalue weighted by Crippen LogP contribution is 2.34. The van der Waals surface area contributed by atoms with Crippen molar-refractivity contribution in [1.82, 2.24) is 4.90 Å². The molecule has 1 aliphatic heterocycles. The van der Waals surface area contributed by atoms with E-state index in [4.69, 9.17) is 5.73 Å². The third-order valence-corrected chi connectivity index (χ3v) is 4.03. The molecule has 2 atom stereocenters. The second kappa shape index (κ2) is 4.63. The van der Waals surface area contributed by atoms with Gasteiger partial charge in [0.25, 0.3) is 0 Å². The molecular weight excluding hydrogens is 222 g/mol. The molecule has 0 bridgehead atoms. The van der Waals surface area contributed by atoms with Gasteiger partial charge in [-0.1, -0.05) is 36.8 Å². The summed E-state index contributed by atoms with van der Waals surface area (Å²) in [6.45, 7) is 9.48. The van der Waals surface area contributed by atoms with Crippen LogP contribution in [0.5, 0.6) is 0 Å². The molecule has 0 fully saturated rings. The van der Waals surface area contributed by atoms with Crippen molar-refractivity contribution < 1.29 is 0 Å². The van der Waals surface area contributed by atoms with Gasteiger partial charge < -0.3 is 10.6 Å². The van der Waals surface area contributed by atoms with Crippen molar-refractivity contribution in [1.29, 1.82) is 0 Å². The number of hydrogen-bond donors (Lipinski definition) is 1. The van der Waals surface area contributed by atoms with E-state index in [0.29, 0.717) is 12.0 Å². The van der Waals surface area contributed by atoms with Gasteiger partial charge in [0.15, 0.2) is 5.96 Å². The van der Waals surface area contributed by atoms with Gasteiger partial charge in [0.1, 0.15) is 0 Å². The second-order valence-electron chi connectivity index (χ2n) is 5.44. The number of nitrogens with two attached hydrogens (primary N) is 1. The summed E-state index contributed by atoms with van der Waals surface area (Å²) in [5.41, 5.74) is 8.54. The molecule has 3 nitrogen and oxygen atoms in total. The van der Waals surface area contributed by atoms with Crippen LogP contribution in [0.4, 0.5) is 0 Å². The van der Waals surface area contributed by atoms with Gasteiger partial charge in [-0.05, 0) is 32.8 Å². The van der Waals surface area contributed by atoms with Gasteiger partial charge in [-0.25, -0.2) is 0 Å². The molecule has 98 valence electrons. The van der Waals surface area contributed by atoms with Crippen LogP contribution in [-0.2, 0) is 5.54 Å². The fourth-order valence-electron chi connectivity index (χ4n) is 2.68. The molecule has 3 heteroatoms. The van der Waals surface area contributed by atoms with Crippen LogP contribution in [0.25, 0.3) is 0 Å². The molecule has 18 heavy (non-hydrogen) atoms. The highest BCUT2D eigenvalue weighted by molar-refractivity contribution is 5.81. The summed E-state index contributed by atoms with van der Waals surface area (Å²) in [6, 6.07) is 9.10. The fraction of sp³-hybridized carbons (Fsp3) is 0.533. The number of hydrogen-bond acceptors (Lipinski definition) is 3. The van der Waals surface area contributed by atoms with Gasteiger partial charge in [0, 0.05) is 6.04 Å². The van der Waals surface area contributed by atoms with E-state index < -0.39 is 0 Å². The predicted octanol–water partition coefficient (Wildman–Crippen LogP) is 2.64. The third-order valence-electron chi connectivity index (χ3n) is 4.03. The van der Waals surface area contributed by atoms with Crippen LogP contribution in [0.15, 0.2) is 29.3 Å². The zero-order valence-corrected chi connectivity index (χ0v) is 11.8. The minimum atomic E-state index is -0.104. The summed E-state index contributed by atoms with van der Waals surface area (Å²) in [5.74, 6) is 0.674. The molecule has 1 heterocycles. The van der Waals surface area contributed by atoms with Crippen LogP contribution in [0.2, 0.25) is 0 Å². The zero-order chi connectivity index (χ0) is 13.3. The predicted molar refractivity (Wildman–Crippen MR) is 76.6 cm³/mol. The van der Waals surface area contributed by atoms with E-state index in [1.807, 2.05) is 0 Å². The lowest BCUT2D eigenvalue weighted by atomic mass is 9.89. The second-order valence-corrected chi connectivity index (χ2v) is 5.44. The Bertz CT molecular complexity index is 449. The van der Waals surface area contributed by atoms with Gasteiger partial charge >= 0.3 is 0 Å². The molecule has 0 saturated heterocycles. The first-order valence-corrected chi connectivity index (χ1v) is 6.65. The Morgan fingerprint density at radius 2 is 2.00 bits per heavy atom. The molecule has 2 N–H and O–H groups in total. The first-order valence-electron chi connectivity index (χ1n) is 6.65. The number of benzene rings is 1. The van der Waals surface area contributed by atoms with Crippen molar-refractivity contribution in [3.05, 3.63) is 35.4 Å². The summed E-state index contributed by atoms with van der Waals surface area (Å²) in [6.07, 6.45) is 1.07. The molecule has 0 saturated carbocycles. The minimum Gasteiger partial charge on any atom is -0.370 e.